The summed E-state index contributed by atoms with van der Waals surface area (Å²) in [5, 5.41) is 0. The maximum Gasteiger partial charge on any atom is -0.0178 e. The fourth-order valence-electron chi connectivity index (χ4n) is 1.58. The van der Waals surface area contributed by atoms with Crippen LogP contribution in [0.5, 0.6) is 0 Å². The van der Waals surface area contributed by atoms with Crippen molar-refractivity contribution in [2.75, 3.05) is 0 Å². The van der Waals surface area contributed by atoms with Crippen molar-refractivity contribution in [1.29, 1.82) is 0 Å². The molecule has 0 unspecified atom stereocenters. The van der Waals surface area contributed by atoms with Crippen LogP contribution in [-0.4, -0.2) is 0 Å². The van der Waals surface area contributed by atoms with E-state index in [1.54, 1.807) is 12.2 Å². The third kappa shape index (κ3) is 4.95. The van der Waals surface area contributed by atoms with Crippen LogP contribution in [0.4, 0.5) is 0 Å². The van der Waals surface area contributed by atoms with Crippen LogP contribution in [0, 0.1) is 0 Å². The number of rotatable bonds is 7. The molecule has 0 nitrogen and oxygen atoms in total. The number of hydrogen-bond donors (Lipinski definition) is 0. The van der Waals surface area contributed by atoms with Gasteiger partial charge in [-0.15, -0.1) is 0 Å². The van der Waals surface area contributed by atoms with Gasteiger partial charge in [-0.05, 0) is 34.4 Å². The SMILES string of the molecule is C=C/C=C/C=C(C=C1C=C1)/C(C=C1C=C1)=C/C=C/C=C. The first kappa shape index (κ1) is 13.8. The highest BCUT2D eigenvalue weighted by Gasteiger charge is 2.06. The number of allylic oxidation sites excluding steroid dienone is 18. The Morgan fingerprint density at radius 3 is 1.35 bits per heavy atom. The molecule has 0 saturated heterocycles. The molecule has 0 spiro atoms. The highest BCUT2D eigenvalue weighted by atomic mass is 14.1. The van der Waals surface area contributed by atoms with Crippen LogP contribution >= 0.6 is 0 Å². The second-order valence-electron chi connectivity index (χ2n) is 4.44. The van der Waals surface area contributed by atoms with Crippen molar-refractivity contribution >= 4 is 0 Å². The average molecular weight is 258 g/mol. The zero-order chi connectivity index (χ0) is 14.2. The van der Waals surface area contributed by atoms with Crippen LogP contribution in [0.25, 0.3) is 0 Å². The zero-order valence-electron chi connectivity index (χ0n) is 11.5. The standard InChI is InChI=1S/C20H18/c1-3-5-7-9-19(15-17-11-12-17)20(10-8-6-4-2)16-18-13-14-18/h3-16H,1-2H2/b7-5+,8-6+,19-9+,20-10+. The minimum absolute atomic E-state index is 1.18. The largest absolute Gasteiger partial charge is 0.0991 e. The van der Waals surface area contributed by atoms with Gasteiger partial charge in [0.25, 0.3) is 0 Å². The molecular weight excluding hydrogens is 240 g/mol. The molecule has 0 heterocycles. The highest BCUT2D eigenvalue weighted by Crippen LogP contribution is 2.26. The fourth-order valence-corrected chi connectivity index (χ4v) is 1.58. The van der Waals surface area contributed by atoms with Gasteiger partial charge >= 0.3 is 0 Å². The summed E-state index contributed by atoms with van der Waals surface area (Å²) >= 11 is 0. The maximum atomic E-state index is 3.69. The van der Waals surface area contributed by atoms with E-state index in [1.165, 1.54) is 22.3 Å². The Balaban J connectivity index is 2.29. The first-order valence-corrected chi connectivity index (χ1v) is 6.62. The van der Waals surface area contributed by atoms with Crippen molar-refractivity contribution < 1.29 is 0 Å². The molecule has 2 aliphatic carbocycles. The molecule has 0 N–H and O–H groups in total. The maximum absolute atomic E-state index is 3.69. The molecule has 0 aromatic heterocycles. The van der Waals surface area contributed by atoms with E-state index < -0.39 is 0 Å². The van der Waals surface area contributed by atoms with Crippen LogP contribution in [0.3, 0.4) is 0 Å². The Hall–Kier alpha value is -2.60. The van der Waals surface area contributed by atoms with Gasteiger partial charge in [0.15, 0.2) is 0 Å². The molecule has 0 amide bonds. The lowest BCUT2D eigenvalue weighted by molar-refractivity contribution is 1.52. The van der Waals surface area contributed by atoms with Gasteiger partial charge in [-0.1, -0.05) is 86.1 Å². The van der Waals surface area contributed by atoms with E-state index in [0.29, 0.717) is 0 Å². The van der Waals surface area contributed by atoms with Gasteiger partial charge in [0.05, 0.1) is 0 Å². The molecule has 2 rings (SSSR count). The minimum Gasteiger partial charge on any atom is -0.0991 e. The monoisotopic (exact) mass is 258 g/mol. The van der Waals surface area contributed by atoms with E-state index in [4.69, 9.17) is 0 Å². The van der Waals surface area contributed by atoms with E-state index in [-0.39, 0.29) is 0 Å². The lowest BCUT2D eigenvalue weighted by Crippen LogP contribution is -1.83. The van der Waals surface area contributed by atoms with E-state index in [2.05, 4.69) is 61.8 Å². The topological polar surface area (TPSA) is 0 Å². The van der Waals surface area contributed by atoms with Crippen LogP contribution in [-0.2, 0) is 0 Å². The normalized spacial score (nSPS) is 17.0. The molecule has 0 radical (unpaired) electrons. The molecule has 0 saturated carbocycles. The summed E-state index contributed by atoms with van der Waals surface area (Å²) in [7, 11) is 0. The van der Waals surface area contributed by atoms with E-state index in [0.717, 1.165) is 0 Å². The van der Waals surface area contributed by atoms with Crippen LogP contribution < -0.4 is 0 Å². The van der Waals surface area contributed by atoms with E-state index in [1.807, 2.05) is 24.3 Å². The first-order chi connectivity index (χ1) is 9.83. The summed E-state index contributed by atoms with van der Waals surface area (Å²) in [6.45, 7) is 7.38. The third-order valence-electron chi connectivity index (χ3n) is 2.74. The predicted octanol–water partition coefficient (Wildman–Crippen LogP) is 5.32. The van der Waals surface area contributed by atoms with Crippen molar-refractivity contribution in [3.63, 3.8) is 0 Å². The first-order valence-electron chi connectivity index (χ1n) is 6.62. The molecule has 0 aromatic carbocycles. The molecule has 98 valence electrons. The van der Waals surface area contributed by atoms with Crippen molar-refractivity contribution in [3.8, 4) is 0 Å². The van der Waals surface area contributed by atoms with Crippen LogP contribution in [0.15, 0.2) is 121 Å². The summed E-state index contributed by atoms with van der Waals surface area (Å²) in [5.41, 5.74) is 4.89. The summed E-state index contributed by atoms with van der Waals surface area (Å²) in [5.74, 6) is 0. The Kier molecular flexibility index (Phi) is 4.91. The lowest BCUT2D eigenvalue weighted by atomic mass is 10.0. The molecule has 0 aromatic rings. The van der Waals surface area contributed by atoms with E-state index >= 15 is 0 Å². The molecule has 20 heavy (non-hydrogen) atoms. The van der Waals surface area contributed by atoms with Crippen LogP contribution in [0.2, 0.25) is 0 Å². The second kappa shape index (κ2) is 7.10. The summed E-state index contributed by atoms with van der Waals surface area (Å²) in [4.78, 5) is 0. The smallest absolute Gasteiger partial charge is 0.0178 e. The van der Waals surface area contributed by atoms with Crippen LogP contribution in [0.1, 0.15) is 0 Å². The Bertz CT molecular complexity index is 562. The molecular formula is C20H18. The molecule has 2 aliphatic rings. The predicted molar refractivity (Wildman–Crippen MR) is 89.3 cm³/mol. The molecule has 0 heteroatoms. The van der Waals surface area contributed by atoms with Gasteiger partial charge in [0.2, 0.25) is 0 Å². The summed E-state index contributed by atoms with van der Waals surface area (Å²) in [6, 6.07) is 0. The molecule has 0 bridgehead atoms. The van der Waals surface area contributed by atoms with Gasteiger partial charge in [-0.25, -0.2) is 0 Å². The molecule has 0 atom stereocenters. The molecule has 0 aliphatic heterocycles. The van der Waals surface area contributed by atoms with Gasteiger partial charge in [-0.3, -0.25) is 0 Å². The second-order valence-corrected chi connectivity index (χ2v) is 4.44. The Morgan fingerprint density at radius 1 is 0.650 bits per heavy atom. The van der Waals surface area contributed by atoms with E-state index in [9.17, 15) is 0 Å². The summed E-state index contributed by atoms with van der Waals surface area (Å²) < 4.78 is 0. The minimum atomic E-state index is 1.18. The average Bonchev–Trinajstić information content (AvgIpc) is 3.32. The van der Waals surface area contributed by atoms with Crippen molar-refractivity contribution in [3.05, 3.63) is 121 Å². The summed E-state index contributed by atoms with van der Waals surface area (Å²) in [6.07, 6.45) is 28.4. The molecule has 0 fully saturated rings. The Labute approximate surface area is 121 Å². The van der Waals surface area contributed by atoms with Gasteiger partial charge in [0.1, 0.15) is 0 Å². The van der Waals surface area contributed by atoms with Crippen molar-refractivity contribution in [2.45, 2.75) is 0 Å². The third-order valence-corrected chi connectivity index (χ3v) is 2.74. The van der Waals surface area contributed by atoms with Gasteiger partial charge in [0, 0.05) is 0 Å². The highest BCUT2D eigenvalue weighted by molar-refractivity contribution is 5.61. The number of hydrogen-bond acceptors (Lipinski definition) is 0. The van der Waals surface area contributed by atoms with Gasteiger partial charge in [-0.2, -0.15) is 0 Å². The quantitative estimate of drug-likeness (QED) is 0.542. The Morgan fingerprint density at radius 2 is 1.05 bits per heavy atom. The van der Waals surface area contributed by atoms with Gasteiger partial charge < -0.3 is 0 Å². The fraction of sp³-hybridized carbons (Fsp3) is 0. The van der Waals surface area contributed by atoms with Crippen molar-refractivity contribution in [2.24, 2.45) is 0 Å². The lowest BCUT2D eigenvalue weighted by Gasteiger charge is -2.02. The van der Waals surface area contributed by atoms with Crippen molar-refractivity contribution in [1.82, 2.24) is 0 Å². The zero-order valence-corrected chi connectivity index (χ0v) is 11.5.